The highest BCUT2D eigenvalue weighted by Gasteiger charge is 2.16. The fourth-order valence-corrected chi connectivity index (χ4v) is 3.85. The molecule has 0 saturated heterocycles. The molecule has 0 saturated carbocycles. The zero-order valence-corrected chi connectivity index (χ0v) is 13.6. The third-order valence-corrected chi connectivity index (χ3v) is 5.21. The fourth-order valence-electron chi connectivity index (χ4n) is 2.56. The molecule has 0 bridgehead atoms. The van der Waals surface area contributed by atoms with E-state index in [0.29, 0.717) is 19.3 Å². The lowest BCUT2D eigenvalue weighted by molar-refractivity contribution is 0.0693. The number of hydrogen-bond donors (Lipinski definition) is 1. The fraction of sp³-hybridized carbons (Fsp3) is 0.750. The number of rotatable bonds is 9. The quantitative estimate of drug-likeness (QED) is 0.709. The summed E-state index contributed by atoms with van der Waals surface area (Å²) in [5.41, 5.74) is 1.60. The van der Waals surface area contributed by atoms with Gasteiger partial charge in [0.2, 0.25) is 0 Å². The van der Waals surface area contributed by atoms with Gasteiger partial charge in [0.1, 0.15) is 0 Å². The van der Waals surface area contributed by atoms with E-state index in [4.69, 9.17) is 9.47 Å². The van der Waals surface area contributed by atoms with E-state index in [0.717, 1.165) is 19.6 Å². The summed E-state index contributed by atoms with van der Waals surface area (Å²) in [6.07, 6.45) is 6.36. The van der Waals surface area contributed by atoms with E-state index >= 15 is 0 Å². The van der Waals surface area contributed by atoms with E-state index in [1.165, 1.54) is 30.6 Å². The van der Waals surface area contributed by atoms with Gasteiger partial charge in [-0.25, -0.2) is 0 Å². The Morgan fingerprint density at radius 3 is 2.90 bits per heavy atom. The normalized spacial score (nSPS) is 16.1. The average Bonchev–Trinajstić information content (AvgIpc) is 2.90. The second kappa shape index (κ2) is 8.78. The van der Waals surface area contributed by atoms with Crippen molar-refractivity contribution in [2.24, 2.45) is 0 Å². The number of nitrogens with one attached hydrogen (secondary N) is 1. The molecule has 0 fully saturated rings. The van der Waals surface area contributed by atoms with Crippen LogP contribution in [-0.2, 0) is 22.3 Å². The second-order valence-corrected chi connectivity index (χ2v) is 6.61. The molecule has 20 heavy (non-hydrogen) atoms. The van der Waals surface area contributed by atoms with Crippen molar-refractivity contribution in [3.63, 3.8) is 0 Å². The molecule has 114 valence electrons. The summed E-state index contributed by atoms with van der Waals surface area (Å²) < 4.78 is 10.4. The molecule has 0 spiro atoms. The van der Waals surface area contributed by atoms with Crippen LogP contribution in [-0.4, -0.2) is 33.5 Å². The van der Waals surface area contributed by atoms with Gasteiger partial charge in [-0.15, -0.1) is 11.3 Å². The third kappa shape index (κ3) is 4.85. The van der Waals surface area contributed by atoms with Gasteiger partial charge >= 0.3 is 0 Å². The van der Waals surface area contributed by atoms with Crippen LogP contribution >= 0.6 is 11.3 Å². The van der Waals surface area contributed by atoms with Gasteiger partial charge in [0.05, 0.1) is 13.2 Å². The Morgan fingerprint density at radius 1 is 1.25 bits per heavy atom. The molecular weight excluding hydrogens is 270 g/mol. The van der Waals surface area contributed by atoms with Gasteiger partial charge in [-0.05, 0) is 57.2 Å². The van der Waals surface area contributed by atoms with Crippen molar-refractivity contribution in [1.29, 1.82) is 0 Å². The molecule has 3 nitrogen and oxygen atoms in total. The minimum atomic E-state index is 0.463. The zero-order chi connectivity index (χ0) is 14.2. The summed E-state index contributed by atoms with van der Waals surface area (Å²) in [6, 6.07) is 2.89. The van der Waals surface area contributed by atoms with E-state index in [9.17, 15) is 0 Å². The number of methoxy groups -OCH3 is 1. The molecule has 1 aromatic heterocycles. The summed E-state index contributed by atoms with van der Waals surface area (Å²) in [7, 11) is 1.70. The standard InChI is InChI=1S/C16H27NO2S/c1-13(17-8-5-9-19-11-10-18-2)16-12-14-6-3-4-7-15(14)20-16/h12-13,17H,3-11H2,1-2H3. The number of aryl methyl sites for hydroxylation is 2. The summed E-state index contributed by atoms with van der Waals surface area (Å²) in [5.74, 6) is 0. The SMILES string of the molecule is COCCOCCCNC(C)c1cc2c(s1)CCCC2. The molecule has 1 N–H and O–H groups in total. The molecule has 1 aliphatic rings. The molecule has 4 heteroatoms. The van der Waals surface area contributed by atoms with Gasteiger partial charge in [-0.3, -0.25) is 0 Å². The van der Waals surface area contributed by atoms with Crippen LogP contribution in [0, 0.1) is 0 Å². The van der Waals surface area contributed by atoms with Crippen molar-refractivity contribution >= 4 is 11.3 Å². The largest absolute Gasteiger partial charge is 0.382 e. The maximum Gasteiger partial charge on any atom is 0.0700 e. The molecule has 0 radical (unpaired) electrons. The minimum absolute atomic E-state index is 0.463. The van der Waals surface area contributed by atoms with Gasteiger partial charge in [-0.2, -0.15) is 0 Å². The van der Waals surface area contributed by atoms with Gasteiger partial charge in [0.15, 0.2) is 0 Å². The van der Waals surface area contributed by atoms with Crippen LogP contribution in [0.5, 0.6) is 0 Å². The van der Waals surface area contributed by atoms with Gasteiger partial charge in [-0.1, -0.05) is 0 Å². The van der Waals surface area contributed by atoms with E-state index in [2.05, 4.69) is 18.3 Å². The first kappa shape index (κ1) is 16.0. The molecule has 1 aromatic rings. The van der Waals surface area contributed by atoms with Crippen molar-refractivity contribution in [1.82, 2.24) is 5.32 Å². The monoisotopic (exact) mass is 297 g/mol. The average molecular weight is 297 g/mol. The number of thiophene rings is 1. The number of fused-ring (bicyclic) bond motifs is 1. The Morgan fingerprint density at radius 2 is 2.10 bits per heavy atom. The molecule has 0 aromatic carbocycles. The lowest BCUT2D eigenvalue weighted by Gasteiger charge is -2.12. The van der Waals surface area contributed by atoms with Crippen LogP contribution in [0.3, 0.4) is 0 Å². The van der Waals surface area contributed by atoms with Crippen LogP contribution in [0.2, 0.25) is 0 Å². The smallest absolute Gasteiger partial charge is 0.0700 e. The number of hydrogen-bond acceptors (Lipinski definition) is 4. The van der Waals surface area contributed by atoms with Crippen LogP contribution in [0.4, 0.5) is 0 Å². The van der Waals surface area contributed by atoms with Crippen molar-refractivity contribution in [3.05, 3.63) is 21.4 Å². The Kier molecular flexibility index (Phi) is 7.00. The van der Waals surface area contributed by atoms with Crippen molar-refractivity contribution in [2.75, 3.05) is 33.5 Å². The molecular formula is C16H27NO2S. The minimum Gasteiger partial charge on any atom is -0.382 e. The first-order valence-electron chi connectivity index (χ1n) is 7.73. The van der Waals surface area contributed by atoms with E-state index in [1.807, 2.05) is 11.3 Å². The molecule has 1 aliphatic carbocycles. The van der Waals surface area contributed by atoms with Crippen molar-refractivity contribution < 1.29 is 9.47 Å². The predicted octanol–water partition coefficient (Wildman–Crippen LogP) is 3.33. The highest BCUT2D eigenvalue weighted by atomic mass is 32.1. The van der Waals surface area contributed by atoms with E-state index in [1.54, 1.807) is 17.6 Å². The zero-order valence-electron chi connectivity index (χ0n) is 12.7. The second-order valence-electron chi connectivity index (χ2n) is 5.44. The molecule has 0 amide bonds. The highest BCUT2D eigenvalue weighted by molar-refractivity contribution is 7.12. The number of ether oxygens (including phenoxy) is 2. The molecule has 0 aliphatic heterocycles. The Hall–Kier alpha value is -0.420. The van der Waals surface area contributed by atoms with Crippen LogP contribution in [0.15, 0.2) is 6.07 Å². The highest BCUT2D eigenvalue weighted by Crippen LogP contribution is 2.32. The van der Waals surface area contributed by atoms with Crippen molar-refractivity contribution in [2.45, 2.75) is 45.1 Å². The summed E-state index contributed by atoms with van der Waals surface area (Å²) >= 11 is 2.01. The third-order valence-electron chi connectivity index (χ3n) is 3.79. The molecule has 1 heterocycles. The first-order valence-corrected chi connectivity index (χ1v) is 8.54. The summed E-state index contributed by atoms with van der Waals surface area (Å²) in [4.78, 5) is 3.13. The van der Waals surface area contributed by atoms with Gasteiger partial charge < -0.3 is 14.8 Å². The predicted molar refractivity (Wildman–Crippen MR) is 84.7 cm³/mol. The van der Waals surface area contributed by atoms with E-state index < -0.39 is 0 Å². The Labute approximate surface area is 126 Å². The molecule has 2 rings (SSSR count). The maximum atomic E-state index is 5.47. The van der Waals surface area contributed by atoms with E-state index in [-0.39, 0.29) is 0 Å². The van der Waals surface area contributed by atoms with Gasteiger partial charge in [0.25, 0.3) is 0 Å². The molecule has 1 unspecified atom stereocenters. The summed E-state index contributed by atoms with van der Waals surface area (Å²) in [5, 5.41) is 3.60. The Bertz CT molecular complexity index is 368. The van der Waals surface area contributed by atoms with Crippen LogP contribution < -0.4 is 5.32 Å². The lowest BCUT2D eigenvalue weighted by Crippen LogP contribution is -2.20. The van der Waals surface area contributed by atoms with Crippen molar-refractivity contribution in [3.8, 4) is 0 Å². The Balaban J connectivity index is 1.64. The summed E-state index contributed by atoms with van der Waals surface area (Å²) in [6.45, 7) is 5.47. The van der Waals surface area contributed by atoms with Crippen LogP contribution in [0.1, 0.15) is 47.5 Å². The topological polar surface area (TPSA) is 30.5 Å². The molecule has 1 atom stereocenters. The van der Waals surface area contributed by atoms with Crippen LogP contribution in [0.25, 0.3) is 0 Å². The maximum absolute atomic E-state index is 5.47. The lowest BCUT2D eigenvalue weighted by atomic mass is 9.99. The van der Waals surface area contributed by atoms with Gasteiger partial charge in [0, 0.05) is 29.5 Å². The first-order chi connectivity index (χ1) is 9.81.